The molecule has 12 heavy (non-hydrogen) atoms. The molecule has 3 N–H and O–H groups in total. The molecule has 0 bridgehead atoms. The van der Waals surface area contributed by atoms with Gasteiger partial charge in [0.2, 0.25) is 0 Å². The summed E-state index contributed by atoms with van der Waals surface area (Å²) in [5.74, 6) is 0.990. The van der Waals surface area contributed by atoms with E-state index in [0.29, 0.717) is 6.54 Å². The lowest BCUT2D eigenvalue weighted by atomic mass is 10.1. The third-order valence-corrected chi connectivity index (χ3v) is 1.82. The van der Waals surface area contributed by atoms with Crippen molar-refractivity contribution >= 4 is 0 Å². The zero-order chi connectivity index (χ0) is 9.14. The molecule has 0 spiro atoms. The van der Waals surface area contributed by atoms with Gasteiger partial charge in [-0.1, -0.05) is 0 Å². The molecular weight excluding hydrogens is 154 g/mol. The highest BCUT2D eigenvalue weighted by Gasteiger charge is 2.04. The van der Waals surface area contributed by atoms with Crippen molar-refractivity contribution in [2.75, 3.05) is 7.11 Å². The molecule has 1 aromatic carbocycles. The first-order chi connectivity index (χ1) is 5.69. The van der Waals surface area contributed by atoms with Crippen molar-refractivity contribution in [3.8, 4) is 11.5 Å². The predicted octanol–water partition coefficient (Wildman–Crippen LogP) is 1.17. The third kappa shape index (κ3) is 1.51. The van der Waals surface area contributed by atoms with E-state index in [1.54, 1.807) is 19.2 Å². The van der Waals surface area contributed by atoms with Gasteiger partial charge in [0, 0.05) is 12.1 Å². The van der Waals surface area contributed by atoms with Gasteiger partial charge in [-0.3, -0.25) is 0 Å². The number of benzene rings is 1. The molecule has 0 aliphatic carbocycles. The van der Waals surface area contributed by atoms with Crippen LogP contribution in [0, 0.1) is 6.92 Å². The summed E-state index contributed by atoms with van der Waals surface area (Å²) >= 11 is 0. The van der Waals surface area contributed by atoms with Gasteiger partial charge in [0.1, 0.15) is 11.5 Å². The third-order valence-electron chi connectivity index (χ3n) is 1.82. The molecule has 0 aliphatic heterocycles. The van der Waals surface area contributed by atoms with E-state index in [9.17, 15) is 5.11 Å². The number of aryl methyl sites for hydroxylation is 1. The van der Waals surface area contributed by atoms with Crippen molar-refractivity contribution in [1.82, 2.24) is 0 Å². The van der Waals surface area contributed by atoms with Crippen LogP contribution in [0.5, 0.6) is 11.5 Å². The smallest absolute Gasteiger partial charge is 0.123 e. The first kappa shape index (κ1) is 8.87. The molecule has 0 saturated carbocycles. The van der Waals surface area contributed by atoms with Crippen LogP contribution in [0.15, 0.2) is 12.1 Å². The van der Waals surface area contributed by atoms with E-state index in [1.165, 1.54) is 0 Å². The van der Waals surface area contributed by atoms with Gasteiger partial charge < -0.3 is 15.6 Å². The highest BCUT2D eigenvalue weighted by atomic mass is 16.5. The molecule has 3 nitrogen and oxygen atoms in total. The van der Waals surface area contributed by atoms with E-state index >= 15 is 0 Å². The van der Waals surface area contributed by atoms with Crippen molar-refractivity contribution < 1.29 is 9.84 Å². The van der Waals surface area contributed by atoms with Crippen LogP contribution < -0.4 is 10.5 Å². The van der Waals surface area contributed by atoms with E-state index in [-0.39, 0.29) is 5.75 Å². The Labute approximate surface area is 71.8 Å². The Morgan fingerprint density at radius 3 is 2.67 bits per heavy atom. The molecule has 0 aromatic heterocycles. The second kappa shape index (κ2) is 3.45. The average Bonchev–Trinajstić information content (AvgIpc) is 2.09. The number of rotatable bonds is 2. The van der Waals surface area contributed by atoms with Gasteiger partial charge in [0.15, 0.2) is 0 Å². The van der Waals surface area contributed by atoms with Crippen LogP contribution in [0.4, 0.5) is 0 Å². The van der Waals surface area contributed by atoms with Crippen LogP contribution in [-0.4, -0.2) is 12.2 Å². The Balaban J connectivity index is 3.19. The predicted molar refractivity (Wildman–Crippen MR) is 47.3 cm³/mol. The standard InChI is InChI=1S/C9H13NO2/c1-6-3-9(12-2)7(5-10)4-8(6)11/h3-4,11H,5,10H2,1-2H3. The lowest BCUT2D eigenvalue weighted by Gasteiger charge is -2.08. The highest BCUT2D eigenvalue weighted by molar-refractivity contribution is 5.44. The van der Waals surface area contributed by atoms with E-state index in [2.05, 4.69) is 0 Å². The lowest BCUT2D eigenvalue weighted by Crippen LogP contribution is -2.00. The van der Waals surface area contributed by atoms with E-state index < -0.39 is 0 Å². The number of aromatic hydroxyl groups is 1. The van der Waals surface area contributed by atoms with Gasteiger partial charge in [0.25, 0.3) is 0 Å². The molecule has 0 radical (unpaired) electrons. The quantitative estimate of drug-likeness (QED) is 0.695. The van der Waals surface area contributed by atoms with Crippen molar-refractivity contribution in [2.45, 2.75) is 13.5 Å². The van der Waals surface area contributed by atoms with Crippen molar-refractivity contribution in [2.24, 2.45) is 5.73 Å². The fraction of sp³-hybridized carbons (Fsp3) is 0.333. The topological polar surface area (TPSA) is 55.5 Å². The first-order valence-corrected chi connectivity index (χ1v) is 3.75. The Morgan fingerprint density at radius 2 is 2.17 bits per heavy atom. The van der Waals surface area contributed by atoms with Crippen LogP contribution in [0.2, 0.25) is 0 Å². The van der Waals surface area contributed by atoms with Gasteiger partial charge in [-0.15, -0.1) is 0 Å². The molecule has 0 saturated heterocycles. The summed E-state index contributed by atoms with van der Waals surface area (Å²) in [6.07, 6.45) is 0. The van der Waals surface area contributed by atoms with Crippen LogP contribution in [0.1, 0.15) is 11.1 Å². The minimum Gasteiger partial charge on any atom is -0.508 e. The fourth-order valence-corrected chi connectivity index (χ4v) is 1.06. The Bertz CT molecular complexity index is 255. The summed E-state index contributed by atoms with van der Waals surface area (Å²) in [7, 11) is 1.59. The number of nitrogens with two attached hydrogens (primary N) is 1. The van der Waals surface area contributed by atoms with Crippen molar-refractivity contribution in [3.63, 3.8) is 0 Å². The van der Waals surface area contributed by atoms with Gasteiger partial charge in [-0.2, -0.15) is 0 Å². The average molecular weight is 167 g/mol. The zero-order valence-corrected chi connectivity index (χ0v) is 7.29. The molecule has 3 heteroatoms. The Morgan fingerprint density at radius 1 is 1.50 bits per heavy atom. The largest absolute Gasteiger partial charge is 0.508 e. The maximum absolute atomic E-state index is 9.34. The molecule has 0 unspecified atom stereocenters. The number of methoxy groups -OCH3 is 1. The second-order valence-electron chi connectivity index (χ2n) is 2.65. The van der Waals surface area contributed by atoms with Gasteiger partial charge in [-0.25, -0.2) is 0 Å². The van der Waals surface area contributed by atoms with Crippen molar-refractivity contribution in [3.05, 3.63) is 23.3 Å². The summed E-state index contributed by atoms with van der Waals surface area (Å²) in [6.45, 7) is 2.19. The van der Waals surface area contributed by atoms with E-state index in [4.69, 9.17) is 10.5 Å². The maximum atomic E-state index is 9.34. The number of phenols is 1. The monoisotopic (exact) mass is 167 g/mol. The summed E-state index contributed by atoms with van der Waals surface area (Å²) in [5.41, 5.74) is 7.07. The van der Waals surface area contributed by atoms with Crippen LogP contribution in [0.3, 0.4) is 0 Å². The minimum atomic E-state index is 0.260. The molecular formula is C9H13NO2. The van der Waals surface area contributed by atoms with Gasteiger partial charge >= 0.3 is 0 Å². The second-order valence-corrected chi connectivity index (χ2v) is 2.65. The van der Waals surface area contributed by atoms with Crippen LogP contribution >= 0.6 is 0 Å². The molecule has 0 amide bonds. The summed E-state index contributed by atoms with van der Waals surface area (Å²) < 4.78 is 5.08. The van der Waals surface area contributed by atoms with Gasteiger partial charge in [0.05, 0.1) is 7.11 Å². The molecule has 1 aromatic rings. The van der Waals surface area contributed by atoms with Gasteiger partial charge in [-0.05, 0) is 24.6 Å². The van der Waals surface area contributed by atoms with E-state index in [1.807, 2.05) is 6.92 Å². The summed E-state index contributed by atoms with van der Waals surface area (Å²) in [4.78, 5) is 0. The molecule has 0 heterocycles. The lowest BCUT2D eigenvalue weighted by molar-refractivity contribution is 0.406. The molecule has 66 valence electrons. The number of phenolic OH excluding ortho intramolecular Hbond substituents is 1. The van der Waals surface area contributed by atoms with Crippen LogP contribution in [-0.2, 0) is 6.54 Å². The molecule has 0 fully saturated rings. The zero-order valence-electron chi connectivity index (χ0n) is 7.29. The number of hydrogen-bond donors (Lipinski definition) is 2. The minimum absolute atomic E-state index is 0.260. The SMILES string of the molecule is COc1cc(C)c(O)cc1CN. The Hall–Kier alpha value is -1.22. The number of ether oxygens (including phenoxy) is 1. The summed E-state index contributed by atoms with van der Waals surface area (Å²) in [6, 6.07) is 3.41. The first-order valence-electron chi connectivity index (χ1n) is 3.75. The van der Waals surface area contributed by atoms with E-state index in [0.717, 1.165) is 16.9 Å². The fourth-order valence-electron chi connectivity index (χ4n) is 1.06. The maximum Gasteiger partial charge on any atom is 0.123 e. The molecule has 0 atom stereocenters. The van der Waals surface area contributed by atoms with Crippen molar-refractivity contribution in [1.29, 1.82) is 0 Å². The number of hydrogen-bond acceptors (Lipinski definition) is 3. The summed E-state index contributed by atoms with van der Waals surface area (Å²) in [5, 5.41) is 9.34. The van der Waals surface area contributed by atoms with Crippen LogP contribution in [0.25, 0.3) is 0 Å². The molecule has 1 rings (SSSR count). The Kier molecular flexibility index (Phi) is 2.55. The highest BCUT2D eigenvalue weighted by Crippen LogP contribution is 2.26. The molecule has 0 aliphatic rings. The normalized spacial score (nSPS) is 9.92.